The first-order chi connectivity index (χ1) is 12.2. The molecule has 2 aromatic heterocycles. The number of thiazole rings is 1. The fourth-order valence-corrected chi connectivity index (χ4v) is 4.96. The van der Waals surface area contributed by atoms with Crippen LogP contribution in [-0.2, 0) is 4.79 Å². The van der Waals surface area contributed by atoms with E-state index in [-0.39, 0.29) is 11.8 Å². The number of carbonyl (C=O) groups is 2. The molecule has 2 aliphatic rings. The molecule has 2 saturated heterocycles. The Balaban J connectivity index is 1.53. The lowest BCUT2D eigenvalue weighted by Gasteiger charge is -2.36. The molecule has 8 heteroatoms. The largest absolute Gasteiger partial charge is 0.341 e. The van der Waals surface area contributed by atoms with Crippen LogP contribution in [-0.4, -0.2) is 65.4 Å². The van der Waals surface area contributed by atoms with Crippen LogP contribution in [0.1, 0.15) is 23.3 Å². The van der Waals surface area contributed by atoms with Crippen molar-refractivity contribution in [2.24, 2.45) is 0 Å². The molecule has 0 saturated carbocycles. The molecular weight excluding hydrogens is 356 g/mol. The first kappa shape index (κ1) is 16.7. The fourth-order valence-electron chi connectivity index (χ4n) is 3.35. The van der Waals surface area contributed by atoms with Crippen LogP contribution in [0.2, 0.25) is 0 Å². The molecule has 1 atom stereocenters. The highest BCUT2D eigenvalue weighted by molar-refractivity contribution is 7.20. The molecule has 4 heterocycles. The van der Waals surface area contributed by atoms with Crippen molar-refractivity contribution in [2.45, 2.75) is 18.9 Å². The van der Waals surface area contributed by atoms with Crippen LogP contribution >= 0.6 is 22.7 Å². The molecule has 6 nitrogen and oxygen atoms in total. The topological polar surface area (TPSA) is 65.5 Å². The molecule has 2 aliphatic heterocycles. The van der Waals surface area contributed by atoms with Crippen molar-refractivity contribution in [3.8, 4) is 9.88 Å². The smallest absolute Gasteiger partial charge is 0.274 e. The molecule has 25 heavy (non-hydrogen) atoms. The third kappa shape index (κ3) is 3.33. The van der Waals surface area contributed by atoms with Crippen molar-refractivity contribution >= 4 is 34.5 Å². The number of carbonyl (C=O) groups excluding carboxylic acids is 2. The summed E-state index contributed by atoms with van der Waals surface area (Å²) in [7, 11) is 0. The number of thiophene rings is 1. The SMILES string of the molecule is O=C([C@@H]1CNCCN1C(=O)c1csc(-c2cccs2)n1)N1CCCC1. The van der Waals surface area contributed by atoms with E-state index < -0.39 is 6.04 Å². The van der Waals surface area contributed by atoms with Gasteiger partial charge in [-0.05, 0) is 24.3 Å². The fraction of sp³-hybridized carbons (Fsp3) is 0.471. The van der Waals surface area contributed by atoms with Crippen molar-refractivity contribution in [1.29, 1.82) is 0 Å². The lowest BCUT2D eigenvalue weighted by Crippen LogP contribution is -2.59. The summed E-state index contributed by atoms with van der Waals surface area (Å²) in [4.78, 5) is 35.0. The number of hydrogen-bond donors (Lipinski definition) is 1. The van der Waals surface area contributed by atoms with Gasteiger partial charge < -0.3 is 15.1 Å². The Morgan fingerprint density at radius 2 is 2.04 bits per heavy atom. The summed E-state index contributed by atoms with van der Waals surface area (Å²) < 4.78 is 0. The second-order valence-electron chi connectivity index (χ2n) is 6.27. The normalized spacial score (nSPS) is 20.9. The monoisotopic (exact) mass is 376 g/mol. The minimum absolute atomic E-state index is 0.0618. The Labute approximate surface area is 154 Å². The van der Waals surface area contributed by atoms with Gasteiger partial charge in [0.05, 0.1) is 4.88 Å². The highest BCUT2D eigenvalue weighted by Gasteiger charge is 2.36. The summed E-state index contributed by atoms with van der Waals surface area (Å²) in [5, 5.41) is 7.90. The van der Waals surface area contributed by atoms with Crippen molar-refractivity contribution in [2.75, 3.05) is 32.7 Å². The van der Waals surface area contributed by atoms with E-state index in [0.717, 1.165) is 35.8 Å². The van der Waals surface area contributed by atoms with E-state index in [1.54, 1.807) is 21.6 Å². The van der Waals surface area contributed by atoms with Gasteiger partial charge in [0, 0.05) is 38.1 Å². The summed E-state index contributed by atoms with van der Waals surface area (Å²) in [5.41, 5.74) is 0.439. The summed E-state index contributed by atoms with van der Waals surface area (Å²) in [6.45, 7) is 3.36. The standard InChI is InChI=1S/C17H20N4O2S2/c22-16(12-11-25-15(19-12)14-4-3-9-24-14)21-8-5-18-10-13(21)17(23)20-6-1-2-7-20/h3-4,9,11,13,18H,1-2,5-8,10H2/t13-/m0/s1. The number of hydrogen-bond acceptors (Lipinski definition) is 6. The van der Waals surface area contributed by atoms with Crippen LogP contribution in [0.25, 0.3) is 9.88 Å². The molecule has 0 aliphatic carbocycles. The maximum Gasteiger partial charge on any atom is 0.274 e. The third-order valence-corrected chi connectivity index (χ3v) is 6.54. The van der Waals surface area contributed by atoms with Gasteiger partial charge in [0.2, 0.25) is 5.91 Å². The number of aromatic nitrogens is 1. The maximum absolute atomic E-state index is 13.0. The minimum Gasteiger partial charge on any atom is -0.341 e. The molecule has 1 N–H and O–H groups in total. The first-order valence-corrected chi connectivity index (χ1v) is 10.3. The van der Waals surface area contributed by atoms with Gasteiger partial charge in [0.1, 0.15) is 16.7 Å². The van der Waals surface area contributed by atoms with Gasteiger partial charge in [-0.2, -0.15) is 0 Å². The van der Waals surface area contributed by atoms with Gasteiger partial charge >= 0.3 is 0 Å². The zero-order valence-electron chi connectivity index (χ0n) is 13.8. The Morgan fingerprint density at radius 1 is 1.20 bits per heavy atom. The molecule has 0 aromatic carbocycles. The zero-order valence-corrected chi connectivity index (χ0v) is 15.4. The van der Waals surface area contributed by atoms with E-state index in [9.17, 15) is 9.59 Å². The average Bonchev–Trinajstić information content (AvgIpc) is 3.42. The van der Waals surface area contributed by atoms with Crippen LogP contribution in [0.4, 0.5) is 0 Å². The number of piperazine rings is 1. The van der Waals surface area contributed by atoms with Gasteiger partial charge in [0.15, 0.2) is 0 Å². The van der Waals surface area contributed by atoms with Crippen molar-refractivity contribution in [3.05, 3.63) is 28.6 Å². The van der Waals surface area contributed by atoms with Gasteiger partial charge in [-0.25, -0.2) is 4.98 Å². The van der Waals surface area contributed by atoms with Crippen molar-refractivity contribution < 1.29 is 9.59 Å². The van der Waals surface area contributed by atoms with Crippen LogP contribution in [0.5, 0.6) is 0 Å². The van der Waals surface area contributed by atoms with E-state index in [1.165, 1.54) is 11.3 Å². The zero-order chi connectivity index (χ0) is 17.2. The van der Waals surface area contributed by atoms with Crippen LogP contribution < -0.4 is 5.32 Å². The summed E-state index contributed by atoms with van der Waals surface area (Å²) in [5.74, 6) is -0.0788. The lowest BCUT2D eigenvalue weighted by atomic mass is 10.1. The van der Waals surface area contributed by atoms with Gasteiger partial charge in [-0.3, -0.25) is 9.59 Å². The molecule has 132 valence electrons. The van der Waals surface area contributed by atoms with Crippen molar-refractivity contribution in [1.82, 2.24) is 20.1 Å². The highest BCUT2D eigenvalue weighted by atomic mass is 32.1. The lowest BCUT2D eigenvalue weighted by molar-refractivity contribution is -0.135. The molecule has 2 fully saturated rings. The summed E-state index contributed by atoms with van der Waals surface area (Å²) in [6, 6.07) is 3.55. The van der Waals surface area contributed by atoms with Gasteiger partial charge in [0.25, 0.3) is 5.91 Å². The summed E-state index contributed by atoms with van der Waals surface area (Å²) in [6.07, 6.45) is 2.10. The van der Waals surface area contributed by atoms with E-state index in [2.05, 4.69) is 10.3 Å². The molecule has 0 bridgehead atoms. The van der Waals surface area contributed by atoms with Crippen LogP contribution in [0, 0.1) is 0 Å². The van der Waals surface area contributed by atoms with Gasteiger partial charge in [-0.1, -0.05) is 6.07 Å². The molecule has 4 rings (SSSR count). The average molecular weight is 377 g/mol. The van der Waals surface area contributed by atoms with Crippen LogP contribution in [0.3, 0.4) is 0 Å². The second kappa shape index (κ2) is 7.23. The van der Waals surface area contributed by atoms with Crippen molar-refractivity contribution in [3.63, 3.8) is 0 Å². The molecule has 0 radical (unpaired) electrons. The molecule has 0 unspecified atom stereocenters. The second-order valence-corrected chi connectivity index (χ2v) is 8.07. The predicted molar refractivity (Wildman–Crippen MR) is 98.9 cm³/mol. The minimum atomic E-state index is -0.425. The number of rotatable bonds is 3. The van der Waals surface area contributed by atoms with E-state index >= 15 is 0 Å². The number of nitrogens with zero attached hydrogens (tertiary/aromatic N) is 3. The maximum atomic E-state index is 13.0. The number of nitrogens with one attached hydrogen (secondary N) is 1. The highest BCUT2D eigenvalue weighted by Crippen LogP contribution is 2.28. The Hall–Kier alpha value is -1.77. The number of amides is 2. The molecule has 2 aromatic rings. The Morgan fingerprint density at radius 3 is 2.80 bits per heavy atom. The Bertz CT molecular complexity index is 753. The van der Waals surface area contributed by atoms with Crippen LogP contribution in [0.15, 0.2) is 22.9 Å². The Kier molecular flexibility index (Phi) is 4.82. The van der Waals surface area contributed by atoms with E-state index in [1.807, 2.05) is 22.4 Å². The predicted octanol–water partition coefficient (Wildman–Crippen LogP) is 1.91. The van der Waals surface area contributed by atoms with E-state index in [0.29, 0.717) is 25.3 Å². The first-order valence-electron chi connectivity index (χ1n) is 8.54. The third-order valence-electron chi connectivity index (χ3n) is 4.66. The quantitative estimate of drug-likeness (QED) is 0.889. The van der Waals surface area contributed by atoms with Gasteiger partial charge in [-0.15, -0.1) is 22.7 Å². The molecule has 2 amide bonds. The van der Waals surface area contributed by atoms with E-state index in [4.69, 9.17) is 0 Å². The summed E-state index contributed by atoms with van der Waals surface area (Å²) >= 11 is 3.09. The number of likely N-dealkylation sites (tertiary alicyclic amines) is 1. The molecule has 0 spiro atoms. The molecular formula is C17H20N4O2S2.